The minimum atomic E-state index is -0.295. The molecule has 4 rings (SSSR count). The van der Waals surface area contributed by atoms with Gasteiger partial charge in [-0.3, -0.25) is 0 Å². The van der Waals surface area contributed by atoms with Crippen molar-refractivity contribution in [1.82, 2.24) is 4.98 Å². The average molecular weight is 367 g/mol. The number of aryl methyl sites for hydroxylation is 1. The molecule has 5 heteroatoms. The Bertz CT molecular complexity index is 979. The molecule has 0 aliphatic carbocycles. The lowest BCUT2D eigenvalue weighted by Gasteiger charge is -2.30. The lowest BCUT2D eigenvalue weighted by atomic mass is 9.98. The van der Waals surface area contributed by atoms with Crippen LogP contribution < -0.4 is 4.90 Å². The number of ether oxygens (including phenoxy) is 1. The van der Waals surface area contributed by atoms with E-state index in [0.717, 1.165) is 41.7 Å². The van der Waals surface area contributed by atoms with Crippen molar-refractivity contribution in [3.05, 3.63) is 63.0 Å². The smallest absolute Gasteiger partial charge is 0.340 e. The van der Waals surface area contributed by atoms with Crippen molar-refractivity contribution in [3.63, 3.8) is 0 Å². The standard InChI is InChI=1S/C21H22N2O2S/c1-13-15-6-4-5-7-17(15)22-18(20(13)21(24)25-3)12-23-10-8-19-16(14(23)2)9-11-26-19/h4-7,9,11,14H,8,10,12H2,1-3H3/p+1/t14-/m0/s1. The number of carbonyl (C=O) groups is 1. The molecule has 1 unspecified atom stereocenters. The quantitative estimate of drug-likeness (QED) is 0.724. The normalized spacial score (nSPS) is 19.3. The van der Waals surface area contributed by atoms with Crippen LogP contribution in [0.4, 0.5) is 0 Å². The third-order valence-corrected chi connectivity index (χ3v) is 6.54. The fourth-order valence-electron chi connectivity index (χ4n) is 4.05. The molecule has 2 atom stereocenters. The second kappa shape index (κ2) is 6.82. The molecule has 2 aromatic heterocycles. The highest BCUT2D eigenvalue weighted by Crippen LogP contribution is 2.26. The molecule has 0 spiro atoms. The molecule has 26 heavy (non-hydrogen) atoms. The minimum absolute atomic E-state index is 0.295. The lowest BCUT2D eigenvalue weighted by molar-refractivity contribution is -0.945. The zero-order chi connectivity index (χ0) is 18.3. The monoisotopic (exact) mass is 367 g/mol. The Morgan fingerprint density at radius 2 is 2.15 bits per heavy atom. The number of fused-ring (bicyclic) bond motifs is 2. The summed E-state index contributed by atoms with van der Waals surface area (Å²) in [5.74, 6) is -0.295. The molecular formula is C21H23N2O2S+. The van der Waals surface area contributed by atoms with Crippen LogP contribution in [0.2, 0.25) is 0 Å². The number of nitrogens with zero attached hydrogens (tertiary/aromatic N) is 1. The molecule has 1 aliphatic heterocycles. The maximum Gasteiger partial charge on any atom is 0.340 e. The largest absolute Gasteiger partial charge is 0.465 e. The maximum absolute atomic E-state index is 12.5. The second-order valence-corrected chi connectivity index (χ2v) is 7.92. The van der Waals surface area contributed by atoms with Crippen LogP contribution in [0.1, 0.15) is 45.0 Å². The molecule has 1 aromatic carbocycles. The number of quaternary nitrogens is 1. The Balaban J connectivity index is 1.77. The Labute approximate surface area is 157 Å². The first-order chi connectivity index (χ1) is 12.6. The number of hydrogen-bond donors (Lipinski definition) is 1. The van der Waals surface area contributed by atoms with Crippen molar-refractivity contribution in [2.45, 2.75) is 32.9 Å². The predicted molar refractivity (Wildman–Crippen MR) is 104 cm³/mol. The summed E-state index contributed by atoms with van der Waals surface area (Å²) in [5, 5.41) is 3.20. The molecule has 3 aromatic rings. The van der Waals surface area contributed by atoms with E-state index in [4.69, 9.17) is 9.72 Å². The van der Waals surface area contributed by atoms with Gasteiger partial charge in [-0.05, 0) is 36.9 Å². The summed E-state index contributed by atoms with van der Waals surface area (Å²) in [6.07, 6.45) is 1.09. The first-order valence-electron chi connectivity index (χ1n) is 8.97. The van der Waals surface area contributed by atoms with Gasteiger partial charge in [-0.1, -0.05) is 18.2 Å². The Morgan fingerprint density at radius 1 is 1.35 bits per heavy atom. The number of pyridine rings is 1. The van der Waals surface area contributed by atoms with Gasteiger partial charge in [0.15, 0.2) is 0 Å². The van der Waals surface area contributed by atoms with Gasteiger partial charge in [0.2, 0.25) is 0 Å². The number of esters is 1. The molecule has 0 bridgehead atoms. The van der Waals surface area contributed by atoms with Gasteiger partial charge in [-0.25, -0.2) is 9.78 Å². The van der Waals surface area contributed by atoms with E-state index in [2.05, 4.69) is 18.4 Å². The molecule has 0 saturated carbocycles. The Hall–Kier alpha value is -2.24. The number of hydrogen-bond acceptors (Lipinski definition) is 4. The van der Waals surface area contributed by atoms with E-state index in [9.17, 15) is 4.79 Å². The highest BCUT2D eigenvalue weighted by atomic mass is 32.1. The molecule has 0 radical (unpaired) electrons. The summed E-state index contributed by atoms with van der Waals surface area (Å²) in [7, 11) is 1.44. The van der Waals surface area contributed by atoms with E-state index in [1.807, 2.05) is 42.5 Å². The Morgan fingerprint density at radius 3 is 2.96 bits per heavy atom. The van der Waals surface area contributed by atoms with Crippen LogP contribution in [0.15, 0.2) is 35.7 Å². The second-order valence-electron chi connectivity index (χ2n) is 6.92. The van der Waals surface area contributed by atoms with E-state index in [-0.39, 0.29) is 5.97 Å². The van der Waals surface area contributed by atoms with Gasteiger partial charge in [0.05, 0.1) is 24.7 Å². The molecule has 1 aliphatic rings. The molecule has 3 heterocycles. The molecular weight excluding hydrogens is 344 g/mol. The van der Waals surface area contributed by atoms with E-state index in [1.54, 1.807) is 0 Å². The molecule has 134 valence electrons. The van der Waals surface area contributed by atoms with E-state index in [1.165, 1.54) is 22.5 Å². The van der Waals surface area contributed by atoms with Gasteiger partial charge >= 0.3 is 5.97 Å². The SMILES string of the molecule is COC(=O)c1c(C[NH+]2CCc3sccc3[C@@H]2C)nc2ccccc2c1C. The van der Waals surface area contributed by atoms with Crippen LogP contribution in [-0.2, 0) is 17.7 Å². The van der Waals surface area contributed by atoms with Crippen LogP contribution in [0, 0.1) is 6.92 Å². The highest BCUT2D eigenvalue weighted by Gasteiger charge is 2.30. The van der Waals surface area contributed by atoms with Crippen LogP contribution in [0.25, 0.3) is 10.9 Å². The maximum atomic E-state index is 12.5. The zero-order valence-corrected chi connectivity index (χ0v) is 16.2. The van der Waals surface area contributed by atoms with Crippen molar-refractivity contribution in [2.24, 2.45) is 0 Å². The summed E-state index contributed by atoms with van der Waals surface area (Å²) in [6, 6.07) is 10.6. The number of benzene rings is 1. The first kappa shape index (κ1) is 17.2. The molecule has 0 fully saturated rings. The summed E-state index contributed by atoms with van der Waals surface area (Å²) >= 11 is 1.85. The lowest BCUT2D eigenvalue weighted by Crippen LogP contribution is -3.11. The molecule has 4 nitrogen and oxygen atoms in total. The fraction of sp³-hybridized carbons (Fsp3) is 0.333. The van der Waals surface area contributed by atoms with Crippen molar-refractivity contribution < 1.29 is 14.4 Å². The summed E-state index contributed by atoms with van der Waals surface area (Å²) < 4.78 is 5.08. The number of aromatic nitrogens is 1. The first-order valence-corrected chi connectivity index (χ1v) is 9.85. The van der Waals surface area contributed by atoms with Gasteiger partial charge < -0.3 is 9.64 Å². The molecule has 0 amide bonds. The number of thiophene rings is 1. The molecule has 0 saturated heterocycles. The zero-order valence-electron chi connectivity index (χ0n) is 15.3. The van der Waals surface area contributed by atoms with Crippen molar-refractivity contribution in [3.8, 4) is 0 Å². The third kappa shape index (κ3) is 2.81. The number of nitrogens with one attached hydrogen (secondary N) is 1. The number of carbonyl (C=O) groups excluding carboxylic acids is 1. The Kier molecular flexibility index (Phi) is 4.51. The average Bonchev–Trinajstić information content (AvgIpc) is 3.13. The van der Waals surface area contributed by atoms with Crippen molar-refractivity contribution >= 4 is 28.2 Å². The summed E-state index contributed by atoms with van der Waals surface area (Å²) in [4.78, 5) is 20.3. The van der Waals surface area contributed by atoms with Crippen LogP contribution in [0.5, 0.6) is 0 Å². The minimum Gasteiger partial charge on any atom is -0.465 e. The van der Waals surface area contributed by atoms with Gasteiger partial charge in [-0.15, -0.1) is 11.3 Å². The number of rotatable bonds is 3. The van der Waals surface area contributed by atoms with Gasteiger partial charge in [0.1, 0.15) is 18.3 Å². The predicted octanol–water partition coefficient (Wildman–Crippen LogP) is 3.09. The van der Waals surface area contributed by atoms with Gasteiger partial charge in [-0.2, -0.15) is 0 Å². The van der Waals surface area contributed by atoms with Crippen LogP contribution in [-0.4, -0.2) is 24.6 Å². The van der Waals surface area contributed by atoms with E-state index >= 15 is 0 Å². The van der Waals surface area contributed by atoms with Crippen molar-refractivity contribution in [1.29, 1.82) is 0 Å². The van der Waals surface area contributed by atoms with Crippen molar-refractivity contribution in [2.75, 3.05) is 13.7 Å². The van der Waals surface area contributed by atoms with Crippen LogP contribution in [0.3, 0.4) is 0 Å². The fourth-order valence-corrected chi connectivity index (χ4v) is 5.03. The number of para-hydroxylation sites is 1. The highest BCUT2D eigenvalue weighted by molar-refractivity contribution is 7.10. The topological polar surface area (TPSA) is 43.6 Å². The van der Waals surface area contributed by atoms with Gasteiger partial charge in [0, 0.05) is 22.2 Å². The summed E-state index contributed by atoms with van der Waals surface area (Å²) in [5.41, 5.74) is 4.80. The number of methoxy groups -OCH3 is 1. The van der Waals surface area contributed by atoms with Crippen LogP contribution >= 0.6 is 11.3 Å². The summed E-state index contributed by atoms with van der Waals surface area (Å²) in [6.45, 7) is 6.05. The third-order valence-electron chi connectivity index (χ3n) is 5.54. The molecule has 1 N–H and O–H groups in total. The van der Waals surface area contributed by atoms with E-state index in [0.29, 0.717) is 11.6 Å². The van der Waals surface area contributed by atoms with E-state index < -0.39 is 0 Å². The van der Waals surface area contributed by atoms with Gasteiger partial charge in [0.25, 0.3) is 0 Å².